The molecule has 0 aliphatic carbocycles. The lowest BCUT2D eigenvalue weighted by Crippen LogP contribution is -2.29. The summed E-state index contributed by atoms with van der Waals surface area (Å²) in [4.78, 5) is 0. The highest BCUT2D eigenvalue weighted by Crippen LogP contribution is 2.21. The predicted molar refractivity (Wildman–Crippen MR) is 86.2 cm³/mol. The Bertz CT molecular complexity index is 560. The van der Waals surface area contributed by atoms with Gasteiger partial charge in [0.05, 0.1) is 11.2 Å². The van der Waals surface area contributed by atoms with E-state index < -0.39 is 0 Å². The Balaban J connectivity index is 2.07. The quantitative estimate of drug-likeness (QED) is 0.787. The molecule has 0 aliphatic rings. The Morgan fingerprint density at radius 3 is 2.75 bits per heavy atom. The van der Waals surface area contributed by atoms with Gasteiger partial charge in [-0.2, -0.15) is 5.10 Å². The fourth-order valence-electron chi connectivity index (χ4n) is 2.43. The van der Waals surface area contributed by atoms with Crippen molar-refractivity contribution in [2.75, 3.05) is 12.4 Å². The maximum Gasteiger partial charge on any atom is 0.0841 e. The Morgan fingerprint density at radius 2 is 2.05 bits per heavy atom. The normalized spacial score (nSPS) is 12.2. The van der Waals surface area contributed by atoms with E-state index in [1.807, 2.05) is 0 Å². The Kier molecular flexibility index (Phi) is 5.06. The molecule has 2 aromatic rings. The average Bonchev–Trinajstić information content (AvgIpc) is 2.77. The van der Waals surface area contributed by atoms with E-state index in [0.29, 0.717) is 5.88 Å². The molecule has 0 saturated heterocycles. The van der Waals surface area contributed by atoms with Crippen LogP contribution < -0.4 is 5.32 Å². The van der Waals surface area contributed by atoms with Crippen molar-refractivity contribution in [3.05, 3.63) is 30.0 Å². The second-order valence-electron chi connectivity index (χ2n) is 5.99. The highest BCUT2D eigenvalue weighted by molar-refractivity contribution is 6.17. The predicted octanol–water partition coefficient (Wildman–Crippen LogP) is 3.80. The summed E-state index contributed by atoms with van der Waals surface area (Å²) >= 11 is 5.84. The van der Waals surface area contributed by atoms with Crippen molar-refractivity contribution in [1.82, 2.24) is 15.1 Å². The van der Waals surface area contributed by atoms with Gasteiger partial charge in [0, 0.05) is 30.9 Å². The smallest absolute Gasteiger partial charge is 0.0841 e. The number of para-hydroxylation sites is 1. The van der Waals surface area contributed by atoms with Crippen molar-refractivity contribution < 1.29 is 0 Å². The maximum atomic E-state index is 5.84. The molecule has 0 unspecified atom stereocenters. The SMILES string of the molecule is CCn1nc(CNCC(C)(C)CCCl)c2ccccc21. The van der Waals surface area contributed by atoms with Gasteiger partial charge in [-0.25, -0.2) is 0 Å². The summed E-state index contributed by atoms with van der Waals surface area (Å²) in [6, 6.07) is 8.42. The number of fused-ring (bicyclic) bond motifs is 1. The summed E-state index contributed by atoms with van der Waals surface area (Å²) in [5, 5.41) is 9.47. The molecule has 0 fully saturated rings. The van der Waals surface area contributed by atoms with Crippen LogP contribution in [0.5, 0.6) is 0 Å². The summed E-state index contributed by atoms with van der Waals surface area (Å²) in [7, 11) is 0. The van der Waals surface area contributed by atoms with Gasteiger partial charge in [0.15, 0.2) is 0 Å². The van der Waals surface area contributed by atoms with Crippen LogP contribution in [0.15, 0.2) is 24.3 Å². The summed E-state index contributed by atoms with van der Waals surface area (Å²) in [5.41, 5.74) is 2.57. The molecule has 0 radical (unpaired) electrons. The van der Waals surface area contributed by atoms with Gasteiger partial charge in [0.1, 0.15) is 0 Å². The first-order chi connectivity index (χ1) is 9.57. The van der Waals surface area contributed by atoms with E-state index in [-0.39, 0.29) is 5.41 Å². The topological polar surface area (TPSA) is 29.9 Å². The zero-order valence-electron chi connectivity index (χ0n) is 12.6. The van der Waals surface area contributed by atoms with Gasteiger partial charge < -0.3 is 5.32 Å². The van der Waals surface area contributed by atoms with E-state index in [9.17, 15) is 0 Å². The first-order valence-electron chi connectivity index (χ1n) is 7.28. The number of benzene rings is 1. The molecule has 4 heteroatoms. The number of alkyl halides is 1. The monoisotopic (exact) mass is 293 g/mol. The third-order valence-corrected chi connectivity index (χ3v) is 3.89. The summed E-state index contributed by atoms with van der Waals surface area (Å²) in [6.45, 7) is 9.26. The van der Waals surface area contributed by atoms with Gasteiger partial charge in [-0.3, -0.25) is 4.68 Å². The Labute approximate surface area is 126 Å². The Morgan fingerprint density at radius 1 is 1.30 bits per heavy atom. The molecule has 3 nitrogen and oxygen atoms in total. The van der Waals surface area contributed by atoms with Gasteiger partial charge in [0.2, 0.25) is 0 Å². The second kappa shape index (κ2) is 6.59. The zero-order chi connectivity index (χ0) is 14.6. The molecule has 0 saturated carbocycles. The molecule has 1 aromatic carbocycles. The molecule has 0 amide bonds. The highest BCUT2D eigenvalue weighted by atomic mass is 35.5. The van der Waals surface area contributed by atoms with E-state index >= 15 is 0 Å². The molecule has 1 N–H and O–H groups in total. The fraction of sp³-hybridized carbons (Fsp3) is 0.562. The molecule has 0 aliphatic heterocycles. The number of rotatable bonds is 7. The number of aryl methyl sites for hydroxylation is 1. The number of nitrogens with zero attached hydrogens (tertiary/aromatic N) is 2. The molecule has 2 rings (SSSR count). The molecular weight excluding hydrogens is 270 g/mol. The fourth-order valence-corrected chi connectivity index (χ4v) is 2.94. The van der Waals surface area contributed by atoms with E-state index in [1.165, 1.54) is 10.9 Å². The molecule has 110 valence electrons. The van der Waals surface area contributed by atoms with Crippen LogP contribution in [-0.2, 0) is 13.1 Å². The minimum absolute atomic E-state index is 0.227. The summed E-state index contributed by atoms with van der Waals surface area (Å²) in [6.07, 6.45) is 1.02. The second-order valence-corrected chi connectivity index (χ2v) is 6.36. The van der Waals surface area contributed by atoms with Gasteiger partial charge in [-0.05, 0) is 24.8 Å². The van der Waals surface area contributed by atoms with Crippen LogP contribution in [0.1, 0.15) is 32.9 Å². The number of aromatic nitrogens is 2. The standard InChI is InChI=1S/C16H24ClN3/c1-4-20-15-8-6-5-7-13(15)14(19-20)11-18-12-16(2,3)9-10-17/h5-8,18H,4,9-12H2,1-3H3. The van der Waals surface area contributed by atoms with E-state index in [1.54, 1.807) is 0 Å². The van der Waals surface area contributed by atoms with E-state index in [0.717, 1.165) is 31.7 Å². The van der Waals surface area contributed by atoms with Crippen LogP contribution in [0, 0.1) is 5.41 Å². The van der Waals surface area contributed by atoms with Crippen LogP contribution in [0.2, 0.25) is 0 Å². The lowest BCUT2D eigenvalue weighted by atomic mass is 9.90. The van der Waals surface area contributed by atoms with Gasteiger partial charge >= 0.3 is 0 Å². The summed E-state index contributed by atoms with van der Waals surface area (Å²) < 4.78 is 2.07. The van der Waals surface area contributed by atoms with Crippen LogP contribution >= 0.6 is 11.6 Å². The molecule has 1 heterocycles. The molecule has 0 atom stereocenters. The first kappa shape index (κ1) is 15.3. The average molecular weight is 294 g/mol. The number of hydrogen-bond acceptors (Lipinski definition) is 2. The van der Waals surface area contributed by atoms with Crippen molar-refractivity contribution in [3.63, 3.8) is 0 Å². The van der Waals surface area contributed by atoms with Gasteiger partial charge in [0.25, 0.3) is 0 Å². The summed E-state index contributed by atoms with van der Waals surface area (Å²) in [5.74, 6) is 0.710. The number of halogens is 1. The van der Waals surface area contributed by atoms with Crippen molar-refractivity contribution in [3.8, 4) is 0 Å². The third-order valence-electron chi connectivity index (χ3n) is 3.70. The van der Waals surface area contributed by atoms with Crippen molar-refractivity contribution in [2.45, 2.75) is 40.3 Å². The maximum absolute atomic E-state index is 5.84. The minimum atomic E-state index is 0.227. The van der Waals surface area contributed by atoms with Crippen LogP contribution in [0.4, 0.5) is 0 Å². The first-order valence-corrected chi connectivity index (χ1v) is 7.82. The van der Waals surface area contributed by atoms with Crippen LogP contribution in [-0.4, -0.2) is 22.2 Å². The minimum Gasteiger partial charge on any atom is -0.311 e. The van der Waals surface area contributed by atoms with Gasteiger partial charge in [-0.1, -0.05) is 32.0 Å². The van der Waals surface area contributed by atoms with Crippen molar-refractivity contribution >= 4 is 22.5 Å². The largest absolute Gasteiger partial charge is 0.311 e. The van der Waals surface area contributed by atoms with Gasteiger partial charge in [-0.15, -0.1) is 11.6 Å². The zero-order valence-corrected chi connectivity index (χ0v) is 13.4. The van der Waals surface area contributed by atoms with Crippen LogP contribution in [0.3, 0.4) is 0 Å². The van der Waals surface area contributed by atoms with Crippen molar-refractivity contribution in [2.24, 2.45) is 5.41 Å². The molecule has 20 heavy (non-hydrogen) atoms. The van der Waals surface area contributed by atoms with Crippen molar-refractivity contribution in [1.29, 1.82) is 0 Å². The molecule has 0 spiro atoms. The number of hydrogen-bond donors (Lipinski definition) is 1. The number of nitrogens with one attached hydrogen (secondary N) is 1. The highest BCUT2D eigenvalue weighted by Gasteiger charge is 2.17. The van der Waals surface area contributed by atoms with E-state index in [4.69, 9.17) is 16.7 Å². The molecule has 1 aromatic heterocycles. The lowest BCUT2D eigenvalue weighted by Gasteiger charge is -2.23. The molecular formula is C16H24ClN3. The van der Waals surface area contributed by atoms with E-state index in [2.05, 4.69) is 55.0 Å². The third kappa shape index (κ3) is 3.53. The lowest BCUT2D eigenvalue weighted by molar-refractivity contribution is 0.329. The molecule has 0 bridgehead atoms. The van der Waals surface area contributed by atoms with Crippen LogP contribution in [0.25, 0.3) is 10.9 Å². The Hall–Kier alpha value is -1.06.